The highest BCUT2D eigenvalue weighted by Gasteiger charge is 2.34. The average Bonchev–Trinajstić information content (AvgIpc) is 3.23. The summed E-state index contributed by atoms with van der Waals surface area (Å²) in [6.45, 7) is 2.40. The largest absolute Gasteiger partial charge is 0.478 e. The second-order valence-electron chi connectivity index (χ2n) is 5.86. The van der Waals surface area contributed by atoms with E-state index in [1.165, 1.54) is 11.3 Å². The van der Waals surface area contributed by atoms with Gasteiger partial charge in [-0.1, -0.05) is 0 Å². The molecule has 1 saturated heterocycles. The second kappa shape index (κ2) is 6.15. The monoisotopic (exact) mass is 308 g/mol. The van der Waals surface area contributed by atoms with Crippen molar-refractivity contribution in [3.05, 3.63) is 21.9 Å². The molecule has 0 atom stereocenters. The molecule has 1 aliphatic carbocycles. The highest BCUT2D eigenvalue weighted by Crippen LogP contribution is 2.31. The molecule has 3 rings (SSSR count). The van der Waals surface area contributed by atoms with Crippen LogP contribution in [-0.2, 0) is 11.3 Å². The van der Waals surface area contributed by atoms with Crippen LogP contribution in [-0.4, -0.2) is 41.0 Å². The van der Waals surface area contributed by atoms with Crippen LogP contribution in [0, 0.1) is 5.92 Å². The summed E-state index contributed by atoms with van der Waals surface area (Å²) in [6, 6.07) is 2.15. The molecule has 1 saturated carbocycles. The molecule has 114 valence electrons. The van der Waals surface area contributed by atoms with Gasteiger partial charge in [0, 0.05) is 41.9 Å². The minimum absolute atomic E-state index is 0.315. The summed E-state index contributed by atoms with van der Waals surface area (Å²) in [5.41, 5.74) is 0.363. The maximum absolute atomic E-state index is 12.0. The van der Waals surface area contributed by atoms with Crippen LogP contribution in [0.25, 0.3) is 0 Å². The number of nitrogens with one attached hydrogen (secondary N) is 1. The van der Waals surface area contributed by atoms with Gasteiger partial charge in [0.2, 0.25) is 5.91 Å². The number of carbonyl (C=O) groups excluding carboxylic acids is 1. The van der Waals surface area contributed by atoms with E-state index in [1.807, 2.05) is 4.90 Å². The Morgan fingerprint density at radius 3 is 2.57 bits per heavy atom. The molecule has 2 aliphatic rings. The van der Waals surface area contributed by atoms with Gasteiger partial charge in [0.15, 0.2) is 0 Å². The van der Waals surface area contributed by atoms with E-state index in [-0.39, 0.29) is 0 Å². The summed E-state index contributed by atoms with van der Waals surface area (Å²) in [6.07, 6.45) is 4.11. The summed E-state index contributed by atoms with van der Waals surface area (Å²) in [7, 11) is 0. The second-order valence-corrected chi connectivity index (χ2v) is 6.86. The first kappa shape index (κ1) is 14.5. The number of carboxylic acid groups (broad SMARTS) is 1. The molecule has 0 bridgehead atoms. The highest BCUT2D eigenvalue weighted by atomic mass is 32.1. The van der Waals surface area contributed by atoms with Crippen molar-refractivity contribution in [1.29, 1.82) is 0 Å². The van der Waals surface area contributed by atoms with E-state index in [1.54, 1.807) is 11.4 Å². The van der Waals surface area contributed by atoms with Crippen LogP contribution in [0.15, 0.2) is 11.4 Å². The molecule has 1 amide bonds. The predicted molar refractivity (Wildman–Crippen MR) is 80.4 cm³/mol. The molecule has 2 N–H and O–H groups in total. The Morgan fingerprint density at radius 2 is 2.00 bits per heavy atom. The number of carbonyl (C=O) groups is 2. The molecule has 21 heavy (non-hydrogen) atoms. The first-order valence-corrected chi connectivity index (χ1v) is 8.34. The van der Waals surface area contributed by atoms with Gasteiger partial charge in [0.05, 0.1) is 5.56 Å². The number of hydrogen-bond donors (Lipinski definition) is 2. The SMILES string of the molecule is O=C(O)c1csc(CNC2CCN(C(=O)C3CC3)CC2)c1. The number of hydrogen-bond acceptors (Lipinski definition) is 4. The van der Waals surface area contributed by atoms with E-state index in [0.29, 0.717) is 30.0 Å². The lowest BCUT2D eigenvalue weighted by atomic mass is 10.0. The third-order valence-corrected chi connectivity index (χ3v) is 5.14. The normalized spacial score (nSPS) is 19.7. The molecule has 2 heterocycles. The molecular formula is C15H20N2O3S. The summed E-state index contributed by atoms with van der Waals surface area (Å²) in [4.78, 5) is 25.8. The number of thiophene rings is 1. The number of amides is 1. The van der Waals surface area contributed by atoms with E-state index in [9.17, 15) is 9.59 Å². The van der Waals surface area contributed by atoms with Crippen molar-refractivity contribution < 1.29 is 14.7 Å². The van der Waals surface area contributed by atoms with E-state index < -0.39 is 5.97 Å². The van der Waals surface area contributed by atoms with Crippen molar-refractivity contribution in [3.63, 3.8) is 0 Å². The molecule has 0 spiro atoms. The van der Waals surface area contributed by atoms with E-state index in [0.717, 1.165) is 43.6 Å². The maximum atomic E-state index is 12.0. The van der Waals surface area contributed by atoms with Gasteiger partial charge in [-0.2, -0.15) is 0 Å². The summed E-state index contributed by atoms with van der Waals surface area (Å²) < 4.78 is 0. The Kier molecular flexibility index (Phi) is 4.26. The summed E-state index contributed by atoms with van der Waals surface area (Å²) >= 11 is 1.48. The number of carboxylic acids is 1. The van der Waals surface area contributed by atoms with Gasteiger partial charge >= 0.3 is 5.97 Å². The lowest BCUT2D eigenvalue weighted by Gasteiger charge is -2.32. The van der Waals surface area contributed by atoms with E-state index >= 15 is 0 Å². The number of nitrogens with zero attached hydrogens (tertiary/aromatic N) is 1. The smallest absolute Gasteiger partial charge is 0.336 e. The quantitative estimate of drug-likeness (QED) is 0.872. The van der Waals surface area contributed by atoms with Gasteiger partial charge in [-0.15, -0.1) is 11.3 Å². The number of piperidine rings is 1. The Balaban J connectivity index is 1.42. The Hall–Kier alpha value is -1.40. The van der Waals surface area contributed by atoms with Crippen LogP contribution in [0.1, 0.15) is 40.9 Å². The fourth-order valence-electron chi connectivity index (χ4n) is 2.72. The predicted octanol–water partition coefficient (Wildman–Crippen LogP) is 1.94. The molecule has 1 aromatic heterocycles. The van der Waals surface area contributed by atoms with Gasteiger partial charge < -0.3 is 15.3 Å². The molecule has 0 aromatic carbocycles. The summed E-state index contributed by atoms with van der Waals surface area (Å²) in [5, 5.41) is 14.0. The standard InChI is InChI=1S/C15H20N2O3S/c18-14(10-1-2-10)17-5-3-12(4-6-17)16-8-13-7-11(9-21-13)15(19)20/h7,9-10,12,16H,1-6,8H2,(H,19,20). The molecule has 0 radical (unpaired) electrons. The maximum Gasteiger partial charge on any atom is 0.336 e. The first-order chi connectivity index (χ1) is 10.1. The topological polar surface area (TPSA) is 69.6 Å². The van der Waals surface area contributed by atoms with E-state index in [2.05, 4.69) is 5.32 Å². The van der Waals surface area contributed by atoms with Crippen molar-refractivity contribution in [3.8, 4) is 0 Å². The number of rotatable bonds is 5. The average molecular weight is 308 g/mol. The molecule has 6 heteroatoms. The lowest BCUT2D eigenvalue weighted by molar-refractivity contribution is -0.133. The number of likely N-dealkylation sites (tertiary alicyclic amines) is 1. The fraction of sp³-hybridized carbons (Fsp3) is 0.600. The molecule has 5 nitrogen and oxygen atoms in total. The molecule has 0 unspecified atom stereocenters. The van der Waals surface area contributed by atoms with Crippen LogP contribution in [0.5, 0.6) is 0 Å². The zero-order valence-corrected chi connectivity index (χ0v) is 12.7. The van der Waals surface area contributed by atoms with Crippen LogP contribution in [0.3, 0.4) is 0 Å². The van der Waals surface area contributed by atoms with Crippen molar-refractivity contribution in [2.45, 2.75) is 38.3 Å². The van der Waals surface area contributed by atoms with Gasteiger partial charge in [-0.05, 0) is 31.7 Å². The Morgan fingerprint density at radius 1 is 1.29 bits per heavy atom. The zero-order valence-electron chi connectivity index (χ0n) is 11.9. The number of aromatic carboxylic acids is 1. The lowest BCUT2D eigenvalue weighted by Crippen LogP contribution is -2.45. The minimum Gasteiger partial charge on any atom is -0.478 e. The minimum atomic E-state index is -0.871. The van der Waals surface area contributed by atoms with Gasteiger partial charge in [-0.25, -0.2) is 4.79 Å². The van der Waals surface area contributed by atoms with E-state index in [4.69, 9.17) is 5.11 Å². The molecule has 2 fully saturated rings. The van der Waals surface area contributed by atoms with Crippen LogP contribution < -0.4 is 5.32 Å². The van der Waals surface area contributed by atoms with Crippen LogP contribution >= 0.6 is 11.3 Å². The van der Waals surface area contributed by atoms with Crippen molar-refractivity contribution >= 4 is 23.2 Å². The highest BCUT2D eigenvalue weighted by molar-refractivity contribution is 7.10. The van der Waals surface area contributed by atoms with Gasteiger partial charge in [0.1, 0.15) is 0 Å². The fourth-order valence-corrected chi connectivity index (χ4v) is 3.53. The molecular weight excluding hydrogens is 288 g/mol. The third kappa shape index (κ3) is 3.63. The Bertz CT molecular complexity index is 531. The van der Waals surface area contributed by atoms with Crippen molar-refractivity contribution in [1.82, 2.24) is 10.2 Å². The third-order valence-electron chi connectivity index (χ3n) is 4.20. The van der Waals surface area contributed by atoms with Crippen molar-refractivity contribution in [2.75, 3.05) is 13.1 Å². The zero-order chi connectivity index (χ0) is 14.8. The first-order valence-electron chi connectivity index (χ1n) is 7.46. The van der Waals surface area contributed by atoms with Crippen LogP contribution in [0.4, 0.5) is 0 Å². The Labute approximate surface area is 128 Å². The molecule has 1 aromatic rings. The van der Waals surface area contributed by atoms with Crippen molar-refractivity contribution in [2.24, 2.45) is 5.92 Å². The molecule has 1 aliphatic heterocycles. The van der Waals surface area contributed by atoms with Gasteiger partial charge in [0.25, 0.3) is 0 Å². The summed E-state index contributed by atoms with van der Waals surface area (Å²) in [5.74, 6) is -0.211. The van der Waals surface area contributed by atoms with Gasteiger partial charge in [-0.3, -0.25) is 4.79 Å². The van der Waals surface area contributed by atoms with Crippen LogP contribution in [0.2, 0.25) is 0 Å².